The minimum atomic E-state index is -0.0734. The Morgan fingerprint density at radius 2 is 1.73 bits per heavy atom. The van der Waals surface area contributed by atoms with Gasteiger partial charge in [-0.3, -0.25) is 9.78 Å². The van der Waals surface area contributed by atoms with Crippen molar-refractivity contribution in [2.24, 2.45) is 23.2 Å². The minimum Gasteiger partial charge on any atom is -0.348 e. The average molecular weight is 299 g/mol. The summed E-state index contributed by atoms with van der Waals surface area (Å²) in [5.74, 6) is 2.65. The summed E-state index contributed by atoms with van der Waals surface area (Å²) in [4.78, 5) is 20.8. The Morgan fingerprint density at radius 3 is 2.23 bits per heavy atom. The van der Waals surface area contributed by atoms with Crippen molar-refractivity contribution in [2.45, 2.75) is 58.4 Å². The molecule has 22 heavy (non-hydrogen) atoms. The molecule has 0 spiro atoms. The van der Waals surface area contributed by atoms with Crippen LogP contribution in [0.5, 0.6) is 0 Å². The lowest BCUT2D eigenvalue weighted by atomic mass is 9.48. The van der Waals surface area contributed by atoms with Gasteiger partial charge in [-0.05, 0) is 75.5 Å². The van der Waals surface area contributed by atoms with Crippen molar-refractivity contribution >= 4 is 5.91 Å². The summed E-state index contributed by atoms with van der Waals surface area (Å²) in [5, 5.41) is 3.23. The number of carbonyl (C=O) groups excluding carboxylic acids is 1. The monoisotopic (exact) mass is 299 g/mol. The van der Waals surface area contributed by atoms with E-state index in [1.54, 1.807) is 12.4 Å². The molecule has 4 fully saturated rings. The lowest BCUT2D eigenvalue weighted by Crippen LogP contribution is -2.55. The Labute approximate surface area is 132 Å². The van der Waals surface area contributed by atoms with Gasteiger partial charge in [0.25, 0.3) is 5.91 Å². The van der Waals surface area contributed by atoms with Crippen molar-refractivity contribution in [1.82, 2.24) is 15.3 Å². The molecule has 4 nitrogen and oxygen atoms in total. The fourth-order valence-electron chi connectivity index (χ4n) is 5.64. The molecule has 4 aliphatic carbocycles. The van der Waals surface area contributed by atoms with Gasteiger partial charge in [0.2, 0.25) is 0 Å². The van der Waals surface area contributed by atoms with Gasteiger partial charge in [-0.25, -0.2) is 4.98 Å². The smallest absolute Gasteiger partial charge is 0.271 e. The van der Waals surface area contributed by atoms with Crippen LogP contribution in [0.25, 0.3) is 0 Å². The third-order valence-electron chi connectivity index (χ3n) is 6.37. The van der Waals surface area contributed by atoms with E-state index in [1.807, 2.05) is 6.92 Å². The Bertz CT molecular complexity index is 545. The normalized spacial score (nSPS) is 37.1. The maximum absolute atomic E-state index is 12.4. The third-order valence-corrected chi connectivity index (χ3v) is 6.37. The van der Waals surface area contributed by atoms with E-state index in [2.05, 4.69) is 22.2 Å². The molecule has 1 aromatic heterocycles. The van der Waals surface area contributed by atoms with Gasteiger partial charge in [-0.15, -0.1) is 0 Å². The van der Waals surface area contributed by atoms with Crippen LogP contribution in [0, 0.1) is 30.1 Å². The van der Waals surface area contributed by atoms with Gasteiger partial charge in [0.15, 0.2) is 0 Å². The predicted molar refractivity (Wildman–Crippen MR) is 84.3 cm³/mol. The highest BCUT2D eigenvalue weighted by Crippen LogP contribution is 2.61. The highest BCUT2D eigenvalue weighted by Gasteiger charge is 2.53. The van der Waals surface area contributed by atoms with Crippen LogP contribution >= 0.6 is 0 Å². The average Bonchev–Trinajstić information content (AvgIpc) is 2.46. The van der Waals surface area contributed by atoms with Crippen LogP contribution in [0.1, 0.15) is 61.6 Å². The quantitative estimate of drug-likeness (QED) is 0.933. The van der Waals surface area contributed by atoms with Gasteiger partial charge >= 0.3 is 0 Å². The molecule has 0 saturated heterocycles. The molecular formula is C18H25N3O. The van der Waals surface area contributed by atoms with Crippen molar-refractivity contribution in [3.8, 4) is 0 Å². The lowest BCUT2D eigenvalue weighted by molar-refractivity contribution is -0.0688. The van der Waals surface area contributed by atoms with Gasteiger partial charge in [-0.2, -0.15) is 0 Å². The minimum absolute atomic E-state index is 0.0734. The maximum Gasteiger partial charge on any atom is 0.271 e. The first-order valence-corrected chi connectivity index (χ1v) is 8.63. The molecule has 0 unspecified atom stereocenters. The van der Waals surface area contributed by atoms with Crippen molar-refractivity contribution < 1.29 is 4.79 Å². The third kappa shape index (κ3) is 2.33. The highest BCUT2D eigenvalue weighted by atomic mass is 16.1. The van der Waals surface area contributed by atoms with Gasteiger partial charge < -0.3 is 5.32 Å². The van der Waals surface area contributed by atoms with Crippen LogP contribution < -0.4 is 5.32 Å². The predicted octanol–water partition coefficient (Wildman–Crippen LogP) is 3.12. The van der Waals surface area contributed by atoms with Crippen LogP contribution in [0.2, 0.25) is 0 Å². The van der Waals surface area contributed by atoms with E-state index in [1.165, 1.54) is 38.5 Å². The second-order valence-electron chi connectivity index (χ2n) is 8.02. The van der Waals surface area contributed by atoms with Gasteiger partial charge in [-0.1, -0.05) is 0 Å². The molecule has 118 valence electrons. The summed E-state index contributed by atoms with van der Waals surface area (Å²) >= 11 is 0. The van der Waals surface area contributed by atoms with Crippen LogP contribution in [0.4, 0.5) is 0 Å². The van der Waals surface area contributed by atoms with Crippen molar-refractivity contribution in [2.75, 3.05) is 0 Å². The number of hydrogen-bond donors (Lipinski definition) is 1. The zero-order chi connectivity index (χ0) is 15.3. The second kappa shape index (κ2) is 5.04. The number of aromatic nitrogens is 2. The van der Waals surface area contributed by atoms with Crippen molar-refractivity contribution in [1.29, 1.82) is 0 Å². The van der Waals surface area contributed by atoms with E-state index in [0.29, 0.717) is 11.1 Å². The number of nitrogens with zero attached hydrogens (tertiary/aromatic N) is 2. The Hall–Kier alpha value is -1.45. The molecule has 5 rings (SSSR count). The van der Waals surface area contributed by atoms with E-state index in [-0.39, 0.29) is 11.9 Å². The Kier molecular flexibility index (Phi) is 3.24. The van der Waals surface area contributed by atoms with E-state index >= 15 is 0 Å². The van der Waals surface area contributed by atoms with E-state index in [9.17, 15) is 4.79 Å². The van der Waals surface area contributed by atoms with Crippen LogP contribution in [-0.2, 0) is 0 Å². The van der Waals surface area contributed by atoms with Crippen molar-refractivity contribution in [3.05, 3.63) is 23.8 Å². The first-order valence-electron chi connectivity index (χ1n) is 8.63. The first kappa shape index (κ1) is 14.2. The van der Waals surface area contributed by atoms with Crippen LogP contribution in [-0.4, -0.2) is 21.9 Å². The van der Waals surface area contributed by atoms with E-state index < -0.39 is 0 Å². The first-order chi connectivity index (χ1) is 10.5. The Balaban J connectivity index is 1.49. The molecule has 1 heterocycles. The molecule has 1 aromatic rings. The summed E-state index contributed by atoms with van der Waals surface area (Å²) < 4.78 is 0. The molecule has 0 radical (unpaired) electrons. The molecule has 1 amide bonds. The fraction of sp³-hybridized carbons (Fsp3) is 0.722. The molecule has 4 aliphatic rings. The molecular weight excluding hydrogens is 274 g/mol. The number of hydrogen-bond acceptors (Lipinski definition) is 3. The molecule has 1 N–H and O–H groups in total. The summed E-state index contributed by atoms with van der Waals surface area (Å²) in [7, 11) is 0. The number of rotatable bonds is 3. The molecule has 4 saturated carbocycles. The number of nitrogens with one attached hydrogen (secondary N) is 1. The van der Waals surface area contributed by atoms with E-state index in [0.717, 1.165) is 23.4 Å². The second-order valence-corrected chi connectivity index (χ2v) is 8.02. The molecule has 0 aliphatic heterocycles. The topological polar surface area (TPSA) is 54.9 Å². The highest BCUT2D eigenvalue weighted by molar-refractivity contribution is 5.92. The number of carbonyl (C=O) groups is 1. The number of amides is 1. The lowest BCUT2D eigenvalue weighted by Gasteiger charge is -2.59. The summed E-state index contributed by atoms with van der Waals surface area (Å²) in [6.07, 6.45) is 11.5. The largest absolute Gasteiger partial charge is 0.348 e. The summed E-state index contributed by atoms with van der Waals surface area (Å²) in [6, 6.07) is 0.233. The van der Waals surface area contributed by atoms with Gasteiger partial charge in [0.05, 0.1) is 11.9 Å². The maximum atomic E-state index is 12.4. The number of aryl methyl sites for hydroxylation is 1. The molecule has 0 aromatic carbocycles. The van der Waals surface area contributed by atoms with Crippen LogP contribution in [0.3, 0.4) is 0 Å². The van der Waals surface area contributed by atoms with Gasteiger partial charge in [0.1, 0.15) is 5.69 Å². The zero-order valence-electron chi connectivity index (χ0n) is 13.5. The van der Waals surface area contributed by atoms with Gasteiger partial charge in [0, 0.05) is 12.2 Å². The molecule has 4 bridgehead atoms. The van der Waals surface area contributed by atoms with Crippen molar-refractivity contribution in [3.63, 3.8) is 0 Å². The zero-order valence-corrected chi connectivity index (χ0v) is 13.5. The molecule has 4 heteroatoms. The SMILES string of the molecule is Cc1cnc(C(=O)N[C@H](C)C23CC4CC(CC(C4)C2)C3)cn1. The Morgan fingerprint density at radius 1 is 1.14 bits per heavy atom. The summed E-state index contributed by atoms with van der Waals surface area (Å²) in [6.45, 7) is 4.08. The van der Waals surface area contributed by atoms with E-state index in [4.69, 9.17) is 0 Å². The fourth-order valence-corrected chi connectivity index (χ4v) is 5.64. The standard InChI is InChI=1S/C18H25N3O/c1-11-9-20-16(10-19-11)17(22)21-12(2)18-6-13-3-14(7-18)5-15(4-13)8-18/h9-10,12-15H,3-8H2,1-2H3,(H,21,22)/t12-,13?,14?,15?,18?/m1/s1. The summed E-state index contributed by atoms with van der Waals surface area (Å²) in [5.41, 5.74) is 1.61. The molecule has 1 atom stereocenters. The van der Waals surface area contributed by atoms with Crippen LogP contribution in [0.15, 0.2) is 12.4 Å².